The number of aromatic nitrogens is 3. The first kappa shape index (κ1) is 26.3. The van der Waals surface area contributed by atoms with Crippen LogP contribution in [-0.2, 0) is 11.3 Å². The molecule has 2 N–H and O–H groups in total. The molecule has 2 saturated carbocycles. The molecule has 2 aromatic heterocycles. The van der Waals surface area contributed by atoms with Crippen LogP contribution >= 0.6 is 11.9 Å². The van der Waals surface area contributed by atoms with E-state index in [9.17, 15) is 4.79 Å². The van der Waals surface area contributed by atoms with Crippen LogP contribution in [0.4, 0.5) is 11.6 Å². The molecule has 0 spiro atoms. The Morgan fingerprint density at radius 1 is 1.15 bits per heavy atom. The van der Waals surface area contributed by atoms with Crippen molar-refractivity contribution < 1.29 is 9.53 Å². The van der Waals surface area contributed by atoms with Crippen LogP contribution in [0.15, 0.2) is 41.7 Å². The summed E-state index contributed by atoms with van der Waals surface area (Å²) in [6.45, 7) is 7.10. The van der Waals surface area contributed by atoms with Gasteiger partial charge in [-0.15, -0.1) is 0 Å². The molecular formula is C30H41N7O2S. The lowest BCUT2D eigenvalue weighted by Gasteiger charge is -2.34. The standard InChI is InChI=1S/C30H41N7O2S/c1-30(2)18-20-4-3-14-35-15-12-27(33-35)40-34-29(38)24-9-10-25(31-28(24)36(30)19-20)37-16-11-26(32-37)39-17-13-23(21-5-6-21)22-7-8-22/h9-12,15-16,20-23,26,32H,3-8,13-14,17-19H2,1-2H3,(H,34,38). The fourth-order valence-corrected chi connectivity index (χ4v) is 7.57. The van der Waals surface area contributed by atoms with Gasteiger partial charge in [0.25, 0.3) is 5.91 Å². The van der Waals surface area contributed by atoms with E-state index in [2.05, 4.69) is 40.1 Å². The van der Waals surface area contributed by atoms with Gasteiger partial charge in [-0.25, -0.2) is 4.98 Å². The van der Waals surface area contributed by atoms with Gasteiger partial charge in [0.15, 0.2) is 0 Å². The van der Waals surface area contributed by atoms with Crippen molar-refractivity contribution >= 4 is 29.5 Å². The highest BCUT2D eigenvalue weighted by Crippen LogP contribution is 2.50. The molecule has 1 saturated heterocycles. The lowest BCUT2D eigenvalue weighted by molar-refractivity contribution is 0.0548. The second kappa shape index (κ2) is 10.7. The number of nitrogens with one attached hydrogen (secondary N) is 2. The van der Waals surface area contributed by atoms with Gasteiger partial charge in [0, 0.05) is 49.6 Å². The highest BCUT2D eigenvalue weighted by Gasteiger charge is 2.42. The summed E-state index contributed by atoms with van der Waals surface area (Å²) in [6.07, 6.45) is 16.0. The van der Waals surface area contributed by atoms with Gasteiger partial charge in [0.05, 0.1) is 5.56 Å². The Hall–Kier alpha value is -2.56. The number of fused-ring (bicyclic) bond motifs is 6. The SMILES string of the molecule is CC1(C)CC2CCCn3ccc(n3)SNC(=O)c3ccc(N4C=CC(OCCC(C5CC5)C5CC5)N4)nc3N1C2. The summed E-state index contributed by atoms with van der Waals surface area (Å²) in [5.41, 5.74) is 3.93. The second-order valence-corrected chi connectivity index (χ2v) is 13.7. The lowest BCUT2D eigenvalue weighted by atomic mass is 9.93. The molecule has 2 atom stereocenters. The molecule has 0 aromatic carbocycles. The predicted octanol–water partition coefficient (Wildman–Crippen LogP) is 5.12. The third-order valence-electron chi connectivity index (χ3n) is 9.31. The maximum Gasteiger partial charge on any atom is 0.265 e. The Bertz CT molecular complexity index is 1260. The molecule has 2 aromatic rings. The van der Waals surface area contributed by atoms with Gasteiger partial charge in [0.2, 0.25) is 0 Å². The summed E-state index contributed by atoms with van der Waals surface area (Å²) in [6, 6.07) is 5.77. The van der Waals surface area contributed by atoms with E-state index in [0.717, 1.165) is 79.8 Å². The zero-order chi connectivity index (χ0) is 27.3. The molecule has 40 heavy (non-hydrogen) atoms. The van der Waals surface area contributed by atoms with Gasteiger partial charge in [0.1, 0.15) is 22.9 Å². The fraction of sp³-hybridized carbons (Fsp3) is 0.633. The number of anilines is 2. The van der Waals surface area contributed by atoms with Gasteiger partial charge in [-0.2, -0.15) is 10.5 Å². The molecule has 9 nitrogen and oxygen atoms in total. The first-order chi connectivity index (χ1) is 19.4. The van der Waals surface area contributed by atoms with Crippen LogP contribution in [-0.4, -0.2) is 45.6 Å². The van der Waals surface area contributed by atoms with Crippen LogP contribution in [0, 0.1) is 23.7 Å². The van der Waals surface area contributed by atoms with Gasteiger partial charge in [-0.1, -0.05) is 0 Å². The molecule has 214 valence electrons. The van der Waals surface area contributed by atoms with Crippen molar-refractivity contribution in [3.05, 3.63) is 42.2 Å². The van der Waals surface area contributed by atoms with Gasteiger partial charge < -0.3 is 9.64 Å². The zero-order valence-corrected chi connectivity index (χ0v) is 24.4. The Morgan fingerprint density at radius 2 is 1.98 bits per heavy atom. The van der Waals surface area contributed by atoms with Crippen LogP contribution in [0.3, 0.4) is 0 Å². The molecule has 3 fully saturated rings. The number of aryl methyl sites for hydroxylation is 1. The largest absolute Gasteiger partial charge is 0.358 e. The maximum atomic E-state index is 13.4. The molecule has 2 unspecified atom stereocenters. The van der Waals surface area contributed by atoms with Gasteiger partial charge in [-0.3, -0.25) is 19.2 Å². The molecule has 5 aliphatic rings. The van der Waals surface area contributed by atoms with Crippen molar-refractivity contribution in [3.8, 4) is 0 Å². The summed E-state index contributed by atoms with van der Waals surface area (Å²) in [5, 5.41) is 7.33. The number of hydrogen-bond donors (Lipinski definition) is 2. The molecule has 2 aliphatic carbocycles. The summed E-state index contributed by atoms with van der Waals surface area (Å²) >= 11 is 1.26. The lowest BCUT2D eigenvalue weighted by Crippen LogP contribution is -2.41. The van der Waals surface area contributed by atoms with E-state index in [1.807, 2.05) is 40.3 Å². The Kier molecular flexibility index (Phi) is 7.04. The highest BCUT2D eigenvalue weighted by atomic mass is 32.2. The molecule has 7 rings (SSSR count). The normalized spacial score (nSPS) is 26.2. The van der Waals surface area contributed by atoms with E-state index in [4.69, 9.17) is 9.72 Å². The quantitative estimate of drug-likeness (QED) is 0.449. The highest BCUT2D eigenvalue weighted by molar-refractivity contribution is 7.97. The summed E-state index contributed by atoms with van der Waals surface area (Å²) in [5.74, 6) is 4.65. The van der Waals surface area contributed by atoms with Crippen molar-refractivity contribution in [2.75, 3.05) is 23.1 Å². The van der Waals surface area contributed by atoms with Gasteiger partial charge >= 0.3 is 0 Å². The van der Waals surface area contributed by atoms with E-state index in [0.29, 0.717) is 11.5 Å². The zero-order valence-electron chi connectivity index (χ0n) is 23.6. The Morgan fingerprint density at radius 3 is 2.77 bits per heavy atom. The number of hydrazine groups is 1. The topological polar surface area (TPSA) is 87.5 Å². The number of carbonyl (C=O) groups excluding carboxylic acids is 1. The number of carbonyl (C=O) groups is 1. The molecule has 0 radical (unpaired) electrons. The molecule has 3 aliphatic heterocycles. The molecular weight excluding hydrogens is 522 g/mol. The van der Waals surface area contributed by atoms with Crippen LogP contribution in [0.2, 0.25) is 0 Å². The van der Waals surface area contributed by atoms with Crippen LogP contribution in [0.25, 0.3) is 0 Å². The first-order valence-electron chi connectivity index (χ1n) is 15.1. The van der Waals surface area contributed by atoms with Crippen LogP contribution in [0.1, 0.15) is 75.6 Å². The molecule has 10 heteroatoms. The average molecular weight is 564 g/mol. The Balaban J connectivity index is 1.08. The Labute approximate surface area is 241 Å². The van der Waals surface area contributed by atoms with E-state index in [-0.39, 0.29) is 17.7 Å². The number of rotatable bonds is 7. The van der Waals surface area contributed by atoms with Crippen molar-refractivity contribution in [2.24, 2.45) is 23.7 Å². The third kappa shape index (κ3) is 5.63. The number of ether oxygens (including phenoxy) is 1. The third-order valence-corrected chi connectivity index (χ3v) is 10.0. The van der Waals surface area contributed by atoms with Crippen LogP contribution in [0.5, 0.6) is 0 Å². The van der Waals surface area contributed by atoms with E-state index in [1.165, 1.54) is 37.6 Å². The average Bonchev–Trinajstić information content (AvgIpc) is 3.84. The summed E-state index contributed by atoms with van der Waals surface area (Å²) in [4.78, 5) is 20.9. The van der Waals surface area contributed by atoms with Gasteiger partial charge in [-0.05, 0) is 113 Å². The maximum absolute atomic E-state index is 13.4. The number of hydrogen-bond acceptors (Lipinski definition) is 8. The van der Waals surface area contributed by atoms with Crippen molar-refractivity contribution in [1.82, 2.24) is 24.9 Å². The first-order valence-corrected chi connectivity index (χ1v) is 15.9. The second-order valence-electron chi connectivity index (χ2n) is 12.9. The number of pyridine rings is 1. The van der Waals surface area contributed by atoms with Crippen molar-refractivity contribution in [2.45, 2.75) is 88.6 Å². The number of amides is 1. The predicted molar refractivity (Wildman–Crippen MR) is 157 cm³/mol. The smallest absolute Gasteiger partial charge is 0.265 e. The van der Waals surface area contributed by atoms with Crippen LogP contribution < -0.4 is 20.1 Å². The molecule has 1 amide bonds. The van der Waals surface area contributed by atoms with Crippen molar-refractivity contribution in [3.63, 3.8) is 0 Å². The minimum atomic E-state index is -0.165. The molecule has 4 bridgehead atoms. The van der Waals surface area contributed by atoms with E-state index in [1.54, 1.807) is 0 Å². The minimum absolute atomic E-state index is 0.101. The summed E-state index contributed by atoms with van der Waals surface area (Å²) < 4.78 is 11.2. The number of nitrogens with zero attached hydrogens (tertiary/aromatic N) is 5. The fourth-order valence-electron chi connectivity index (χ4n) is 6.99. The molecule has 5 heterocycles. The monoisotopic (exact) mass is 563 g/mol. The van der Waals surface area contributed by atoms with Crippen molar-refractivity contribution in [1.29, 1.82) is 0 Å². The minimum Gasteiger partial charge on any atom is -0.358 e. The van der Waals surface area contributed by atoms with E-state index >= 15 is 0 Å². The summed E-state index contributed by atoms with van der Waals surface area (Å²) in [7, 11) is 0. The van der Waals surface area contributed by atoms with E-state index < -0.39 is 0 Å².